The fraction of sp³-hybridized carbons (Fsp3) is 0.200. The fourth-order valence-electron chi connectivity index (χ4n) is 1.14. The van der Waals surface area contributed by atoms with E-state index < -0.39 is 0 Å². The lowest BCUT2D eigenvalue weighted by Crippen LogP contribution is -1.98. The van der Waals surface area contributed by atoms with Crippen LogP contribution in [0.5, 0.6) is 5.75 Å². The molecule has 5 heteroatoms. The predicted octanol–water partition coefficient (Wildman–Crippen LogP) is 2.16. The Morgan fingerprint density at radius 1 is 1.33 bits per heavy atom. The number of aryl methyl sites for hydroxylation is 1. The van der Waals surface area contributed by atoms with Crippen LogP contribution in [0.3, 0.4) is 0 Å². The number of ether oxygens (including phenoxy) is 1. The molecule has 1 aromatic heterocycles. The monoisotopic (exact) mass is 267 g/mol. The molecule has 0 amide bonds. The lowest BCUT2D eigenvalue weighted by molar-refractivity contribution is 0.300. The van der Waals surface area contributed by atoms with E-state index in [4.69, 9.17) is 4.74 Å². The fourth-order valence-corrected chi connectivity index (χ4v) is 1.41. The molecule has 0 atom stereocenters. The highest BCUT2D eigenvalue weighted by Crippen LogP contribution is 2.16. The molecular formula is C10H10BrN3O. The van der Waals surface area contributed by atoms with Gasteiger partial charge in [0.15, 0.2) is 0 Å². The lowest BCUT2D eigenvalue weighted by atomic mass is 10.3. The second kappa shape index (κ2) is 4.44. The molecule has 1 aromatic carbocycles. The van der Waals surface area contributed by atoms with Crippen molar-refractivity contribution in [2.45, 2.75) is 6.61 Å². The summed E-state index contributed by atoms with van der Waals surface area (Å²) in [5.74, 6) is 0.823. The molecule has 0 bridgehead atoms. The van der Waals surface area contributed by atoms with Gasteiger partial charge in [-0.1, -0.05) is 15.9 Å². The van der Waals surface area contributed by atoms with E-state index in [2.05, 4.69) is 26.1 Å². The summed E-state index contributed by atoms with van der Waals surface area (Å²) in [6, 6.07) is 7.68. The molecule has 4 nitrogen and oxygen atoms in total. The van der Waals surface area contributed by atoms with Crippen LogP contribution in [0, 0.1) is 0 Å². The molecule has 0 saturated carbocycles. The van der Waals surface area contributed by atoms with E-state index in [-0.39, 0.29) is 0 Å². The molecule has 0 aliphatic heterocycles. The SMILES string of the molecule is Cn1ncc(COc2ccc(Br)cc2)n1. The van der Waals surface area contributed by atoms with Gasteiger partial charge < -0.3 is 4.74 Å². The molecule has 0 spiro atoms. The Hall–Kier alpha value is -1.36. The molecule has 0 aliphatic rings. The average molecular weight is 268 g/mol. The first-order chi connectivity index (χ1) is 7.24. The van der Waals surface area contributed by atoms with Gasteiger partial charge >= 0.3 is 0 Å². The third-order valence-corrected chi connectivity index (χ3v) is 2.38. The minimum Gasteiger partial charge on any atom is -0.487 e. The summed E-state index contributed by atoms with van der Waals surface area (Å²) in [7, 11) is 1.78. The second-order valence-electron chi connectivity index (χ2n) is 3.07. The van der Waals surface area contributed by atoms with Gasteiger partial charge in [0.25, 0.3) is 0 Å². The zero-order valence-corrected chi connectivity index (χ0v) is 9.81. The van der Waals surface area contributed by atoms with Crippen molar-refractivity contribution in [3.8, 4) is 5.75 Å². The van der Waals surface area contributed by atoms with E-state index >= 15 is 0 Å². The van der Waals surface area contributed by atoms with E-state index in [0.717, 1.165) is 15.9 Å². The van der Waals surface area contributed by atoms with E-state index in [1.165, 1.54) is 4.80 Å². The zero-order valence-electron chi connectivity index (χ0n) is 8.22. The molecule has 0 radical (unpaired) electrons. The Kier molecular flexibility index (Phi) is 3.01. The minimum atomic E-state index is 0.440. The number of nitrogens with zero attached hydrogens (tertiary/aromatic N) is 3. The molecule has 1 heterocycles. The number of aromatic nitrogens is 3. The van der Waals surface area contributed by atoms with Gasteiger partial charge in [-0.25, -0.2) is 0 Å². The number of hydrogen-bond donors (Lipinski definition) is 0. The van der Waals surface area contributed by atoms with Crippen LogP contribution in [-0.4, -0.2) is 15.0 Å². The summed E-state index contributed by atoms with van der Waals surface area (Å²) in [6.45, 7) is 0.440. The first kappa shape index (κ1) is 10.2. The van der Waals surface area contributed by atoms with E-state index in [1.807, 2.05) is 24.3 Å². The van der Waals surface area contributed by atoms with Crippen LogP contribution in [0.1, 0.15) is 5.69 Å². The van der Waals surface area contributed by atoms with Crippen LogP contribution in [0.2, 0.25) is 0 Å². The van der Waals surface area contributed by atoms with Gasteiger partial charge in [0, 0.05) is 11.5 Å². The Labute approximate surface area is 96.0 Å². The highest BCUT2D eigenvalue weighted by molar-refractivity contribution is 9.10. The summed E-state index contributed by atoms with van der Waals surface area (Å²) in [6.07, 6.45) is 1.69. The third-order valence-electron chi connectivity index (χ3n) is 1.85. The largest absolute Gasteiger partial charge is 0.487 e. The Bertz CT molecular complexity index is 438. The first-order valence-corrected chi connectivity index (χ1v) is 5.27. The minimum absolute atomic E-state index is 0.440. The second-order valence-corrected chi connectivity index (χ2v) is 3.98. The number of halogens is 1. The van der Waals surface area contributed by atoms with Crippen molar-refractivity contribution >= 4 is 15.9 Å². The van der Waals surface area contributed by atoms with Crippen LogP contribution < -0.4 is 4.74 Å². The van der Waals surface area contributed by atoms with Gasteiger partial charge in [0.2, 0.25) is 0 Å². The predicted molar refractivity (Wildman–Crippen MR) is 59.5 cm³/mol. The van der Waals surface area contributed by atoms with Crippen LogP contribution in [0.4, 0.5) is 0 Å². The molecule has 78 valence electrons. The summed E-state index contributed by atoms with van der Waals surface area (Å²) < 4.78 is 6.56. The van der Waals surface area contributed by atoms with Crippen LogP contribution in [0.25, 0.3) is 0 Å². The summed E-state index contributed by atoms with van der Waals surface area (Å²) in [4.78, 5) is 1.51. The van der Waals surface area contributed by atoms with Crippen LogP contribution >= 0.6 is 15.9 Å². The van der Waals surface area contributed by atoms with E-state index in [9.17, 15) is 0 Å². The Morgan fingerprint density at radius 2 is 2.07 bits per heavy atom. The van der Waals surface area contributed by atoms with Crippen LogP contribution in [0.15, 0.2) is 34.9 Å². The summed E-state index contributed by atoms with van der Waals surface area (Å²) in [5.41, 5.74) is 0.820. The maximum atomic E-state index is 5.52. The molecule has 0 aliphatic carbocycles. The Balaban J connectivity index is 1.96. The lowest BCUT2D eigenvalue weighted by Gasteiger charge is -2.03. The van der Waals surface area contributed by atoms with Gasteiger partial charge in [-0.2, -0.15) is 15.0 Å². The van der Waals surface area contributed by atoms with Gasteiger partial charge in [-0.05, 0) is 24.3 Å². The molecule has 0 unspecified atom stereocenters. The van der Waals surface area contributed by atoms with Crippen molar-refractivity contribution in [2.24, 2.45) is 7.05 Å². The van der Waals surface area contributed by atoms with Crippen molar-refractivity contribution in [2.75, 3.05) is 0 Å². The normalized spacial score (nSPS) is 10.3. The average Bonchev–Trinajstić information content (AvgIpc) is 2.64. The highest BCUT2D eigenvalue weighted by atomic mass is 79.9. The quantitative estimate of drug-likeness (QED) is 0.856. The standard InChI is InChI=1S/C10H10BrN3O/c1-14-12-6-9(13-14)7-15-10-4-2-8(11)3-5-10/h2-6H,7H2,1H3. The van der Waals surface area contributed by atoms with Gasteiger partial charge in [0.1, 0.15) is 18.1 Å². The van der Waals surface area contributed by atoms with Crippen molar-refractivity contribution in [1.82, 2.24) is 15.0 Å². The van der Waals surface area contributed by atoms with Crippen molar-refractivity contribution in [3.63, 3.8) is 0 Å². The van der Waals surface area contributed by atoms with Gasteiger partial charge in [0.05, 0.1) is 6.20 Å². The molecular weight excluding hydrogens is 258 g/mol. The maximum absolute atomic E-state index is 5.52. The zero-order chi connectivity index (χ0) is 10.7. The van der Waals surface area contributed by atoms with Gasteiger partial charge in [-0.15, -0.1) is 0 Å². The molecule has 0 fully saturated rings. The van der Waals surface area contributed by atoms with E-state index in [0.29, 0.717) is 6.61 Å². The first-order valence-electron chi connectivity index (χ1n) is 4.47. The Morgan fingerprint density at radius 3 is 2.67 bits per heavy atom. The van der Waals surface area contributed by atoms with E-state index in [1.54, 1.807) is 13.2 Å². The van der Waals surface area contributed by atoms with Gasteiger partial charge in [-0.3, -0.25) is 0 Å². The number of rotatable bonds is 3. The molecule has 2 rings (SSSR count). The summed E-state index contributed by atoms with van der Waals surface area (Å²) >= 11 is 3.36. The molecule has 15 heavy (non-hydrogen) atoms. The maximum Gasteiger partial charge on any atom is 0.134 e. The number of benzene rings is 1. The third kappa shape index (κ3) is 2.79. The van der Waals surface area contributed by atoms with Crippen molar-refractivity contribution in [3.05, 3.63) is 40.6 Å². The van der Waals surface area contributed by atoms with Crippen molar-refractivity contribution in [1.29, 1.82) is 0 Å². The molecule has 0 N–H and O–H groups in total. The van der Waals surface area contributed by atoms with Crippen LogP contribution in [-0.2, 0) is 13.7 Å². The number of hydrogen-bond acceptors (Lipinski definition) is 3. The molecule has 2 aromatic rings. The molecule has 0 saturated heterocycles. The summed E-state index contributed by atoms with van der Waals surface area (Å²) in [5, 5.41) is 8.08. The van der Waals surface area contributed by atoms with Crippen molar-refractivity contribution < 1.29 is 4.74 Å². The topological polar surface area (TPSA) is 39.9 Å². The smallest absolute Gasteiger partial charge is 0.134 e. The highest BCUT2D eigenvalue weighted by Gasteiger charge is 1.99.